The number of ether oxygens (including phenoxy) is 1. The lowest BCUT2D eigenvalue weighted by atomic mass is 9.94. The molecule has 0 radical (unpaired) electrons. The fourth-order valence-corrected chi connectivity index (χ4v) is 1.83. The molecule has 0 bridgehead atoms. The molecular weight excluding hydrogens is 216 g/mol. The molecule has 0 aromatic heterocycles. The molecule has 0 saturated carbocycles. The van der Waals surface area contributed by atoms with Crippen LogP contribution in [0.3, 0.4) is 0 Å². The van der Waals surface area contributed by atoms with Gasteiger partial charge in [-0.15, -0.1) is 0 Å². The fourth-order valence-electron chi connectivity index (χ4n) is 1.04. The number of rotatable bonds is 6. The van der Waals surface area contributed by atoms with Crippen LogP contribution in [-0.4, -0.2) is 18.0 Å². The largest absolute Gasteiger partial charge is 0.379 e. The predicted octanol–water partition coefficient (Wildman–Crippen LogP) is 3.61. The summed E-state index contributed by atoms with van der Waals surface area (Å²) in [4.78, 5) is 0. The molecule has 0 spiro atoms. The maximum atomic E-state index is 5.36. The Morgan fingerprint density at radius 3 is 2.33 bits per heavy atom. The van der Waals surface area contributed by atoms with Gasteiger partial charge in [-0.1, -0.05) is 29.3 Å². The van der Waals surface area contributed by atoms with Gasteiger partial charge in [0.15, 0.2) is 0 Å². The van der Waals surface area contributed by atoms with Crippen LogP contribution in [0.4, 0.5) is 0 Å². The Kier molecular flexibility index (Phi) is 6.20. The third kappa shape index (κ3) is 5.15. The summed E-state index contributed by atoms with van der Waals surface area (Å²) < 4.78 is 5.36. The number of methoxy groups -OCH3 is 1. The highest BCUT2D eigenvalue weighted by atomic mass is 79.9. The average molecular weight is 237 g/mol. The van der Waals surface area contributed by atoms with Crippen LogP contribution in [0.5, 0.6) is 0 Å². The standard InChI is InChI=1S/C10H21BrO/c1-5-9(8-11)6-7-10(2,3)12-4/h9H,5-8H2,1-4H3. The van der Waals surface area contributed by atoms with Gasteiger partial charge < -0.3 is 4.74 Å². The first-order valence-corrected chi connectivity index (χ1v) is 5.79. The van der Waals surface area contributed by atoms with E-state index >= 15 is 0 Å². The smallest absolute Gasteiger partial charge is 0.0622 e. The summed E-state index contributed by atoms with van der Waals surface area (Å²) in [6.07, 6.45) is 3.65. The molecule has 0 N–H and O–H groups in total. The molecule has 12 heavy (non-hydrogen) atoms. The van der Waals surface area contributed by atoms with E-state index < -0.39 is 0 Å². The van der Waals surface area contributed by atoms with Gasteiger partial charge in [0.2, 0.25) is 0 Å². The normalized spacial score (nSPS) is 14.8. The van der Waals surface area contributed by atoms with Gasteiger partial charge in [0.25, 0.3) is 0 Å². The van der Waals surface area contributed by atoms with E-state index in [9.17, 15) is 0 Å². The van der Waals surface area contributed by atoms with E-state index in [-0.39, 0.29) is 5.60 Å². The lowest BCUT2D eigenvalue weighted by Crippen LogP contribution is -2.23. The Hall–Kier alpha value is 0.440. The van der Waals surface area contributed by atoms with Crippen molar-refractivity contribution in [3.8, 4) is 0 Å². The number of hydrogen-bond donors (Lipinski definition) is 0. The molecule has 1 nitrogen and oxygen atoms in total. The maximum Gasteiger partial charge on any atom is 0.0622 e. The second-order valence-electron chi connectivity index (χ2n) is 3.93. The molecule has 0 aromatic rings. The first kappa shape index (κ1) is 12.4. The van der Waals surface area contributed by atoms with Crippen molar-refractivity contribution in [1.29, 1.82) is 0 Å². The zero-order chi connectivity index (χ0) is 9.61. The van der Waals surface area contributed by atoms with E-state index in [0.717, 1.165) is 17.7 Å². The first-order chi connectivity index (χ1) is 5.55. The van der Waals surface area contributed by atoms with Crippen molar-refractivity contribution in [3.63, 3.8) is 0 Å². The van der Waals surface area contributed by atoms with E-state index in [2.05, 4.69) is 36.7 Å². The molecule has 0 aromatic carbocycles. The Morgan fingerprint density at radius 2 is 2.00 bits per heavy atom. The molecular formula is C10H21BrO. The Bertz CT molecular complexity index is 108. The summed E-state index contributed by atoms with van der Waals surface area (Å²) in [5.74, 6) is 0.805. The van der Waals surface area contributed by atoms with Crippen molar-refractivity contribution in [1.82, 2.24) is 0 Å². The molecule has 1 atom stereocenters. The highest BCUT2D eigenvalue weighted by Crippen LogP contribution is 2.21. The van der Waals surface area contributed by atoms with Gasteiger partial charge in [-0.3, -0.25) is 0 Å². The van der Waals surface area contributed by atoms with Crippen LogP contribution < -0.4 is 0 Å². The van der Waals surface area contributed by atoms with Crippen molar-refractivity contribution in [2.45, 2.75) is 45.6 Å². The summed E-state index contributed by atoms with van der Waals surface area (Å²) in [5.41, 5.74) is 0.0512. The highest BCUT2D eigenvalue weighted by molar-refractivity contribution is 9.09. The van der Waals surface area contributed by atoms with Crippen LogP contribution in [0.15, 0.2) is 0 Å². The summed E-state index contributed by atoms with van der Waals surface area (Å²) in [6, 6.07) is 0. The monoisotopic (exact) mass is 236 g/mol. The van der Waals surface area contributed by atoms with Crippen molar-refractivity contribution in [3.05, 3.63) is 0 Å². The van der Waals surface area contributed by atoms with E-state index in [1.54, 1.807) is 7.11 Å². The van der Waals surface area contributed by atoms with Crippen LogP contribution >= 0.6 is 15.9 Å². The molecule has 0 saturated heterocycles. The van der Waals surface area contributed by atoms with Crippen LogP contribution in [-0.2, 0) is 4.74 Å². The lowest BCUT2D eigenvalue weighted by Gasteiger charge is -2.24. The minimum Gasteiger partial charge on any atom is -0.379 e. The minimum atomic E-state index is 0.0512. The van der Waals surface area contributed by atoms with Crippen LogP contribution in [0, 0.1) is 5.92 Å². The third-order valence-electron chi connectivity index (χ3n) is 2.50. The predicted molar refractivity (Wildman–Crippen MR) is 57.9 cm³/mol. The molecule has 0 heterocycles. The fraction of sp³-hybridized carbons (Fsp3) is 1.00. The van der Waals surface area contributed by atoms with E-state index in [1.165, 1.54) is 12.8 Å². The van der Waals surface area contributed by atoms with Crippen LogP contribution in [0.1, 0.15) is 40.0 Å². The van der Waals surface area contributed by atoms with Crippen molar-refractivity contribution in [2.75, 3.05) is 12.4 Å². The van der Waals surface area contributed by atoms with E-state index in [0.29, 0.717) is 0 Å². The molecule has 0 fully saturated rings. The molecule has 0 aliphatic rings. The molecule has 0 aliphatic heterocycles. The molecule has 0 amide bonds. The quantitative estimate of drug-likeness (QED) is 0.641. The SMILES string of the molecule is CCC(CBr)CCC(C)(C)OC. The van der Waals surface area contributed by atoms with Gasteiger partial charge >= 0.3 is 0 Å². The van der Waals surface area contributed by atoms with Gasteiger partial charge in [-0.2, -0.15) is 0 Å². The average Bonchev–Trinajstić information content (AvgIpc) is 2.06. The second-order valence-corrected chi connectivity index (χ2v) is 4.58. The maximum absolute atomic E-state index is 5.36. The number of hydrogen-bond acceptors (Lipinski definition) is 1. The van der Waals surface area contributed by atoms with Crippen LogP contribution in [0.2, 0.25) is 0 Å². The van der Waals surface area contributed by atoms with E-state index in [4.69, 9.17) is 4.74 Å². The van der Waals surface area contributed by atoms with Gasteiger partial charge in [0.1, 0.15) is 0 Å². The highest BCUT2D eigenvalue weighted by Gasteiger charge is 2.17. The third-order valence-corrected chi connectivity index (χ3v) is 3.42. The molecule has 74 valence electrons. The number of halogens is 1. The van der Waals surface area contributed by atoms with Crippen molar-refractivity contribution >= 4 is 15.9 Å². The van der Waals surface area contributed by atoms with Gasteiger partial charge in [0.05, 0.1) is 5.60 Å². The molecule has 0 aliphatic carbocycles. The minimum absolute atomic E-state index is 0.0512. The van der Waals surface area contributed by atoms with Crippen LogP contribution in [0.25, 0.3) is 0 Å². The van der Waals surface area contributed by atoms with Gasteiger partial charge in [-0.25, -0.2) is 0 Å². The summed E-state index contributed by atoms with van der Waals surface area (Å²) in [6.45, 7) is 6.54. The number of alkyl halides is 1. The molecule has 1 unspecified atom stereocenters. The zero-order valence-electron chi connectivity index (χ0n) is 8.69. The zero-order valence-corrected chi connectivity index (χ0v) is 10.3. The second kappa shape index (κ2) is 5.98. The first-order valence-electron chi connectivity index (χ1n) is 4.67. The Balaban J connectivity index is 3.65. The Morgan fingerprint density at radius 1 is 1.42 bits per heavy atom. The topological polar surface area (TPSA) is 9.23 Å². The van der Waals surface area contributed by atoms with Crippen molar-refractivity contribution < 1.29 is 4.74 Å². The van der Waals surface area contributed by atoms with Gasteiger partial charge in [-0.05, 0) is 32.6 Å². The summed E-state index contributed by atoms with van der Waals surface area (Å²) in [5, 5.41) is 1.11. The molecule has 0 rings (SSSR count). The Labute approximate surface area is 85.0 Å². The van der Waals surface area contributed by atoms with E-state index in [1.807, 2.05) is 0 Å². The summed E-state index contributed by atoms with van der Waals surface area (Å²) >= 11 is 3.52. The lowest BCUT2D eigenvalue weighted by molar-refractivity contribution is 0.0109. The van der Waals surface area contributed by atoms with Gasteiger partial charge in [0, 0.05) is 12.4 Å². The van der Waals surface area contributed by atoms with Crippen molar-refractivity contribution in [2.24, 2.45) is 5.92 Å². The summed E-state index contributed by atoms with van der Waals surface area (Å²) in [7, 11) is 1.79. The molecule has 2 heteroatoms.